The van der Waals surface area contributed by atoms with Crippen molar-refractivity contribution in [3.8, 4) is 5.75 Å². The summed E-state index contributed by atoms with van der Waals surface area (Å²) in [4.78, 5) is 30.6. The first kappa shape index (κ1) is 21.6. The lowest BCUT2D eigenvalue weighted by Crippen LogP contribution is -2.52. The van der Waals surface area contributed by atoms with Crippen molar-refractivity contribution >= 4 is 38.5 Å². The number of amides is 2. The maximum Gasteiger partial charge on any atom is 0.260 e. The molecule has 2 aromatic carbocycles. The van der Waals surface area contributed by atoms with Crippen LogP contribution in [0.5, 0.6) is 5.75 Å². The second-order valence-electron chi connectivity index (χ2n) is 7.11. The van der Waals surface area contributed by atoms with Gasteiger partial charge in [-0.25, -0.2) is 0 Å². The van der Waals surface area contributed by atoms with Gasteiger partial charge in [0.2, 0.25) is 5.91 Å². The molecule has 0 bridgehead atoms. The van der Waals surface area contributed by atoms with Gasteiger partial charge >= 0.3 is 0 Å². The quantitative estimate of drug-likeness (QED) is 0.635. The molecule has 2 aromatic rings. The van der Waals surface area contributed by atoms with E-state index in [2.05, 4.69) is 20.8 Å². The van der Waals surface area contributed by atoms with Gasteiger partial charge in [0.25, 0.3) is 5.91 Å². The summed E-state index contributed by atoms with van der Waals surface area (Å²) >= 11 is 3.59. The molecule has 7 heteroatoms. The van der Waals surface area contributed by atoms with Crippen molar-refractivity contribution in [2.45, 2.75) is 13.8 Å². The van der Waals surface area contributed by atoms with Gasteiger partial charge in [-0.1, -0.05) is 30.3 Å². The lowest BCUT2D eigenvalue weighted by atomic mass is 10.1. The van der Waals surface area contributed by atoms with E-state index in [9.17, 15) is 9.59 Å². The predicted molar refractivity (Wildman–Crippen MR) is 118 cm³/mol. The molecule has 0 aromatic heterocycles. The van der Waals surface area contributed by atoms with E-state index in [0.717, 1.165) is 28.3 Å². The first-order valence-corrected chi connectivity index (χ1v) is 10.9. The number of hydrogen-bond acceptors (Lipinski definition) is 4. The molecule has 2 amide bonds. The molecule has 0 atom stereocenters. The van der Waals surface area contributed by atoms with Crippen LogP contribution in [-0.2, 0) is 9.59 Å². The average molecular weight is 462 g/mol. The first-order chi connectivity index (χ1) is 14.0. The lowest BCUT2D eigenvalue weighted by molar-refractivity contribution is -0.136. The number of likely N-dealkylation sites (N-methyl/N-ethyl adjacent to an activating group) is 1. The minimum atomic E-state index is -0.0280. The van der Waals surface area contributed by atoms with Gasteiger partial charge in [0, 0.05) is 39.3 Å². The van der Waals surface area contributed by atoms with Crippen LogP contribution < -0.4 is 4.74 Å². The highest BCUT2D eigenvalue weighted by Crippen LogP contribution is 2.33. The molecule has 1 aliphatic rings. The number of benzene rings is 2. The molecule has 0 N–H and O–H groups in total. The van der Waals surface area contributed by atoms with Gasteiger partial charge in [0.05, 0.1) is 11.0 Å². The maximum atomic E-state index is 12.6. The Morgan fingerprint density at radius 1 is 1.03 bits per heavy atom. The van der Waals surface area contributed by atoms with Gasteiger partial charge in [0.1, 0.15) is 5.75 Å². The highest BCUT2D eigenvalue weighted by molar-refractivity contribution is 9.10. The van der Waals surface area contributed by atoms with Crippen LogP contribution in [-0.4, -0.2) is 78.9 Å². The summed E-state index contributed by atoms with van der Waals surface area (Å²) in [7, 11) is 0. The summed E-state index contributed by atoms with van der Waals surface area (Å²) in [5.41, 5.74) is 0. The SMILES string of the molecule is CCN(CC)C(=O)CN1CCN(C(=O)COc2ccc3ccccc3c2Br)CC1. The zero-order valence-electron chi connectivity index (χ0n) is 17.1. The molecule has 0 unspecified atom stereocenters. The molecule has 0 radical (unpaired) electrons. The Kier molecular flexibility index (Phi) is 7.50. The van der Waals surface area contributed by atoms with Crippen molar-refractivity contribution in [3.05, 3.63) is 40.9 Å². The zero-order chi connectivity index (χ0) is 20.8. The van der Waals surface area contributed by atoms with E-state index < -0.39 is 0 Å². The molecule has 0 saturated carbocycles. The Balaban J connectivity index is 1.49. The number of carbonyl (C=O) groups is 2. The summed E-state index contributed by atoms with van der Waals surface area (Å²) in [6, 6.07) is 11.9. The summed E-state index contributed by atoms with van der Waals surface area (Å²) in [6.45, 7) is 8.53. The van der Waals surface area contributed by atoms with Crippen LogP contribution in [0.4, 0.5) is 0 Å². The second kappa shape index (κ2) is 10.1. The van der Waals surface area contributed by atoms with Gasteiger partial charge in [-0.2, -0.15) is 0 Å². The van der Waals surface area contributed by atoms with E-state index in [1.807, 2.05) is 60.0 Å². The van der Waals surface area contributed by atoms with Crippen LogP contribution in [0.2, 0.25) is 0 Å². The van der Waals surface area contributed by atoms with E-state index in [1.54, 1.807) is 0 Å². The smallest absolute Gasteiger partial charge is 0.260 e. The van der Waals surface area contributed by atoms with Crippen molar-refractivity contribution < 1.29 is 14.3 Å². The Morgan fingerprint density at radius 3 is 2.41 bits per heavy atom. The van der Waals surface area contributed by atoms with Gasteiger partial charge in [-0.05, 0) is 46.6 Å². The van der Waals surface area contributed by atoms with Gasteiger partial charge in [0.15, 0.2) is 6.61 Å². The Labute approximate surface area is 180 Å². The van der Waals surface area contributed by atoms with Crippen LogP contribution in [0.15, 0.2) is 40.9 Å². The monoisotopic (exact) mass is 461 g/mol. The highest BCUT2D eigenvalue weighted by Gasteiger charge is 2.24. The fourth-order valence-corrected chi connectivity index (χ4v) is 4.19. The normalized spacial score (nSPS) is 14.8. The third-order valence-corrected chi connectivity index (χ3v) is 6.20. The van der Waals surface area contributed by atoms with Crippen LogP contribution in [0.3, 0.4) is 0 Å². The van der Waals surface area contributed by atoms with Crippen molar-refractivity contribution in [1.82, 2.24) is 14.7 Å². The fourth-order valence-electron chi connectivity index (χ4n) is 3.58. The first-order valence-electron chi connectivity index (χ1n) is 10.1. The third kappa shape index (κ3) is 5.28. The van der Waals surface area contributed by atoms with Crippen molar-refractivity contribution in [2.24, 2.45) is 0 Å². The Morgan fingerprint density at radius 2 is 1.72 bits per heavy atom. The number of piperazine rings is 1. The van der Waals surface area contributed by atoms with E-state index in [0.29, 0.717) is 38.5 Å². The summed E-state index contributed by atoms with van der Waals surface area (Å²) in [6.07, 6.45) is 0. The number of carbonyl (C=O) groups excluding carboxylic acids is 2. The van der Waals surface area contributed by atoms with Gasteiger partial charge in [-0.15, -0.1) is 0 Å². The fraction of sp³-hybridized carbons (Fsp3) is 0.455. The Bertz CT molecular complexity index is 862. The molecule has 6 nitrogen and oxygen atoms in total. The van der Waals surface area contributed by atoms with Crippen molar-refractivity contribution in [2.75, 3.05) is 52.4 Å². The highest BCUT2D eigenvalue weighted by atomic mass is 79.9. The second-order valence-corrected chi connectivity index (χ2v) is 7.90. The lowest BCUT2D eigenvalue weighted by Gasteiger charge is -2.35. The molecule has 29 heavy (non-hydrogen) atoms. The summed E-state index contributed by atoms with van der Waals surface area (Å²) < 4.78 is 6.66. The van der Waals surface area contributed by atoms with Gasteiger partial charge in [-0.3, -0.25) is 14.5 Å². The minimum absolute atomic E-state index is 0.00924. The molecular formula is C22H28BrN3O3. The molecular weight excluding hydrogens is 434 g/mol. The molecule has 156 valence electrons. The largest absolute Gasteiger partial charge is 0.483 e. The molecule has 1 fully saturated rings. The minimum Gasteiger partial charge on any atom is -0.483 e. The zero-order valence-corrected chi connectivity index (χ0v) is 18.7. The van der Waals surface area contributed by atoms with Crippen molar-refractivity contribution in [3.63, 3.8) is 0 Å². The molecule has 1 saturated heterocycles. The number of fused-ring (bicyclic) bond motifs is 1. The topological polar surface area (TPSA) is 53.1 Å². The van der Waals surface area contributed by atoms with E-state index in [4.69, 9.17) is 4.74 Å². The molecule has 0 aliphatic carbocycles. The van der Waals surface area contributed by atoms with E-state index in [1.165, 1.54) is 0 Å². The Hall–Kier alpha value is -2.12. The molecule has 1 heterocycles. The van der Waals surface area contributed by atoms with Crippen LogP contribution in [0, 0.1) is 0 Å². The van der Waals surface area contributed by atoms with E-state index in [-0.39, 0.29) is 18.4 Å². The number of nitrogens with zero attached hydrogens (tertiary/aromatic N) is 3. The summed E-state index contributed by atoms with van der Waals surface area (Å²) in [5, 5.41) is 2.18. The molecule has 3 rings (SSSR count). The number of hydrogen-bond donors (Lipinski definition) is 0. The molecule has 0 spiro atoms. The van der Waals surface area contributed by atoms with E-state index >= 15 is 0 Å². The van der Waals surface area contributed by atoms with Crippen LogP contribution >= 0.6 is 15.9 Å². The van der Waals surface area contributed by atoms with Crippen LogP contribution in [0.25, 0.3) is 10.8 Å². The van der Waals surface area contributed by atoms with Gasteiger partial charge < -0.3 is 14.5 Å². The molecule has 1 aliphatic heterocycles. The number of ether oxygens (including phenoxy) is 1. The van der Waals surface area contributed by atoms with Crippen LogP contribution in [0.1, 0.15) is 13.8 Å². The summed E-state index contributed by atoms with van der Waals surface area (Å²) in [5.74, 6) is 0.791. The number of halogens is 1. The van der Waals surface area contributed by atoms with Crippen molar-refractivity contribution in [1.29, 1.82) is 0 Å². The average Bonchev–Trinajstić information content (AvgIpc) is 2.74. The third-order valence-electron chi connectivity index (χ3n) is 5.38. The standard InChI is InChI=1S/C22H28BrN3O3/c1-3-25(4-2)20(27)15-24-11-13-26(14-12-24)21(28)16-29-19-10-9-17-7-5-6-8-18(17)22(19)23/h5-10H,3-4,11-16H2,1-2H3. The maximum absolute atomic E-state index is 12.6. The predicted octanol–water partition coefficient (Wildman–Crippen LogP) is 2.99. The number of rotatable bonds is 7.